The van der Waals surface area contributed by atoms with Gasteiger partial charge in [0.25, 0.3) is 0 Å². The van der Waals surface area contributed by atoms with Crippen LogP contribution in [0.3, 0.4) is 0 Å². The highest BCUT2D eigenvalue weighted by Crippen LogP contribution is 2.27. The van der Waals surface area contributed by atoms with Crippen molar-refractivity contribution in [3.05, 3.63) is 35.0 Å². The van der Waals surface area contributed by atoms with Crippen LogP contribution in [-0.2, 0) is 6.42 Å². The van der Waals surface area contributed by atoms with Gasteiger partial charge in [0.15, 0.2) is 0 Å². The standard InChI is InChI=1S/C15H19FN2S/c16-13-3-4-15-12(10-13)11-14(19-15)2-1-7-18-8-5-17-6-9-18/h3-4,10-11,17H,1-2,5-9H2. The van der Waals surface area contributed by atoms with Gasteiger partial charge in [0, 0.05) is 35.8 Å². The Morgan fingerprint density at radius 3 is 2.89 bits per heavy atom. The van der Waals surface area contributed by atoms with Crippen LogP contribution in [0, 0.1) is 5.82 Å². The summed E-state index contributed by atoms with van der Waals surface area (Å²) in [4.78, 5) is 3.89. The first kappa shape index (κ1) is 13.0. The zero-order valence-electron chi connectivity index (χ0n) is 11.0. The van der Waals surface area contributed by atoms with Crippen molar-refractivity contribution in [3.63, 3.8) is 0 Å². The van der Waals surface area contributed by atoms with E-state index in [0.717, 1.165) is 38.0 Å². The van der Waals surface area contributed by atoms with Gasteiger partial charge in [0.1, 0.15) is 5.82 Å². The van der Waals surface area contributed by atoms with Crippen LogP contribution in [0.1, 0.15) is 11.3 Å². The van der Waals surface area contributed by atoms with Crippen molar-refractivity contribution < 1.29 is 4.39 Å². The van der Waals surface area contributed by atoms with Crippen molar-refractivity contribution in [2.75, 3.05) is 32.7 Å². The second-order valence-corrected chi connectivity index (χ2v) is 6.26. The molecule has 0 aliphatic carbocycles. The number of benzene rings is 1. The number of hydrogen-bond donors (Lipinski definition) is 1. The molecule has 1 aromatic carbocycles. The Bertz CT molecular complexity index is 546. The van der Waals surface area contributed by atoms with E-state index in [-0.39, 0.29) is 5.82 Å². The van der Waals surface area contributed by atoms with Crippen LogP contribution in [0.2, 0.25) is 0 Å². The van der Waals surface area contributed by atoms with E-state index in [4.69, 9.17) is 0 Å². The van der Waals surface area contributed by atoms with Crippen LogP contribution in [0.5, 0.6) is 0 Å². The molecule has 2 nitrogen and oxygen atoms in total. The molecular formula is C15H19FN2S. The number of thiophene rings is 1. The quantitative estimate of drug-likeness (QED) is 0.925. The van der Waals surface area contributed by atoms with Gasteiger partial charge in [-0.2, -0.15) is 0 Å². The maximum Gasteiger partial charge on any atom is 0.123 e. The van der Waals surface area contributed by atoms with E-state index in [0.29, 0.717) is 0 Å². The van der Waals surface area contributed by atoms with Crippen molar-refractivity contribution in [2.45, 2.75) is 12.8 Å². The number of halogens is 1. The topological polar surface area (TPSA) is 15.3 Å². The summed E-state index contributed by atoms with van der Waals surface area (Å²) in [5, 5.41) is 4.41. The van der Waals surface area contributed by atoms with Gasteiger partial charge in [0.2, 0.25) is 0 Å². The first-order valence-corrected chi connectivity index (χ1v) is 7.74. The summed E-state index contributed by atoms with van der Waals surface area (Å²) in [7, 11) is 0. The molecule has 1 N–H and O–H groups in total. The Morgan fingerprint density at radius 1 is 1.21 bits per heavy atom. The highest BCUT2D eigenvalue weighted by atomic mass is 32.1. The van der Waals surface area contributed by atoms with Crippen molar-refractivity contribution in [2.24, 2.45) is 0 Å². The summed E-state index contributed by atoms with van der Waals surface area (Å²) in [6.45, 7) is 5.73. The first-order chi connectivity index (χ1) is 9.31. The van der Waals surface area contributed by atoms with Crippen molar-refractivity contribution >= 4 is 21.4 Å². The fourth-order valence-electron chi connectivity index (χ4n) is 2.60. The minimum atomic E-state index is -0.141. The summed E-state index contributed by atoms with van der Waals surface area (Å²) in [5.41, 5.74) is 0. The Hall–Kier alpha value is -0.970. The van der Waals surface area contributed by atoms with Gasteiger partial charge in [0.05, 0.1) is 0 Å². The van der Waals surface area contributed by atoms with E-state index >= 15 is 0 Å². The highest BCUT2D eigenvalue weighted by Gasteiger charge is 2.09. The number of hydrogen-bond acceptors (Lipinski definition) is 3. The molecule has 0 spiro atoms. The summed E-state index contributed by atoms with van der Waals surface area (Å²) in [6, 6.07) is 7.20. The monoisotopic (exact) mass is 278 g/mol. The summed E-state index contributed by atoms with van der Waals surface area (Å²) in [6.07, 6.45) is 2.29. The van der Waals surface area contributed by atoms with Crippen molar-refractivity contribution in [3.8, 4) is 0 Å². The lowest BCUT2D eigenvalue weighted by Crippen LogP contribution is -2.43. The zero-order valence-corrected chi connectivity index (χ0v) is 11.8. The van der Waals surface area contributed by atoms with E-state index < -0.39 is 0 Å². The normalized spacial score (nSPS) is 17.1. The lowest BCUT2D eigenvalue weighted by Gasteiger charge is -2.26. The van der Waals surface area contributed by atoms with Gasteiger partial charge in [-0.25, -0.2) is 4.39 Å². The molecule has 0 atom stereocenters. The van der Waals surface area contributed by atoms with Crippen LogP contribution >= 0.6 is 11.3 Å². The molecule has 3 rings (SSSR count). The second kappa shape index (κ2) is 5.99. The molecule has 0 bridgehead atoms. The number of aryl methyl sites for hydroxylation is 1. The first-order valence-electron chi connectivity index (χ1n) is 6.92. The van der Waals surface area contributed by atoms with Crippen LogP contribution in [0.25, 0.3) is 10.1 Å². The third-order valence-electron chi connectivity index (χ3n) is 3.64. The Kier molecular flexibility index (Phi) is 4.11. The fourth-order valence-corrected chi connectivity index (χ4v) is 3.69. The fraction of sp³-hybridized carbons (Fsp3) is 0.467. The van der Waals surface area contributed by atoms with E-state index in [9.17, 15) is 4.39 Å². The number of rotatable bonds is 4. The SMILES string of the molecule is Fc1ccc2sc(CCCN3CCNCC3)cc2c1. The molecule has 1 aliphatic rings. The lowest BCUT2D eigenvalue weighted by atomic mass is 10.2. The molecular weight excluding hydrogens is 259 g/mol. The predicted molar refractivity (Wildman–Crippen MR) is 79.4 cm³/mol. The Balaban J connectivity index is 1.56. The molecule has 1 aliphatic heterocycles. The average molecular weight is 278 g/mol. The third kappa shape index (κ3) is 3.32. The summed E-state index contributed by atoms with van der Waals surface area (Å²) >= 11 is 1.80. The van der Waals surface area contributed by atoms with Crippen LogP contribution in [-0.4, -0.2) is 37.6 Å². The van der Waals surface area contributed by atoms with E-state index in [1.165, 1.54) is 22.5 Å². The van der Waals surface area contributed by atoms with Gasteiger partial charge < -0.3 is 10.2 Å². The molecule has 0 radical (unpaired) electrons. The number of nitrogens with one attached hydrogen (secondary N) is 1. The van der Waals surface area contributed by atoms with Crippen LogP contribution < -0.4 is 5.32 Å². The molecule has 1 saturated heterocycles. The molecule has 19 heavy (non-hydrogen) atoms. The third-order valence-corrected chi connectivity index (χ3v) is 4.81. The van der Waals surface area contributed by atoms with Gasteiger partial charge in [-0.05, 0) is 49.0 Å². The zero-order chi connectivity index (χ0) is 13.1. The largest absolute Gasteiger partial charge is 0.314 e. The molecule has 4 heteroatoms. The maximum absolute atomic E-state index is 13.1. The minimum Gasteiger partial charge on any atom is -0.314 e. The van der Waals surface area contributed by atoms with Gasteiger partial charge >= 0.3 is 0 Å². The van der Waals surface area contributed by atoms with E-state index in [2.05, 4.69) is 16.3 Å². The highest BCUT2D eigenvalue weighted by molar-refractivity contribution is 7.19. The van der Waals surface area contributed by atoms with E-state index in [1.807, 2.05) is 6.07 Å². The molecule has 2 heterocycles. The number of piperazine rings is 1. The maximum atomic E-state index is 13.1. The molecule has 2 aromatic rings. The molecule has 1 fully saturated rings. The molecule has 0 amide bonds. The Labute approximate surface area is 117 Å². The average Bonchev–Trinajstić information content (AvgIpc) is 2.82. The molecule has 0 unspecified atom stereocenters. The minimum absolute atomic E-state index is 0.141. The number of nitrogens with zero attached hydrogens (tertiary/aromatic N) is 1. The molecule has 1 aromatic heterocycles. The Morgan fingerprint density at radius 2 is 2.05 bits per heavy atom. The smallest absolute Gasteiger partial charge is 0.123 e. The van der Waals surface area contributed by atoms with Gasteiger partial charge in [-0.15, -0.1) is 11.3 Å². The van der Waals surface area contributed by atoms with Crippen LogP contribution in [0.4, 0.5) is 4.39 Å². The summed E-state index contributed by atoms with van der Waals surface area (Å²) < 4.78 is 14.3. The van der Waals surface area contributed by atoms with Gasteiger partial charge in [-0.3, -0.25) is 0 Å². The van der Waals surface area contributed by atoms with Crippen molar-refractivity contribution in [1.29, 1.82) is 0 Å². The van der Waals surface area contributed by atoms with Gasteiger partial charge in [-0.1, -0.05) is 0 Å². The predicted octanol–water partition coefficient (Wildman–Crippen LogP) is 2.88. The summed E-state index contributed by atoms with van der Waals surface area (Å²) in [5.74, 6) is -0.141. The molecule has 102 valence electrons. The van der Waals surface area contributed by atoms with Crippen molar-refractivity contribution in [1.82, 2.24) is 10.2 Å². The van der Waals surface area contributed by atoms with Crippen LogP contribution in [0.15, 0.2) is 24.3 Å². The lowest BCUT2D eigenvalue weighted by molar-refractivity contribution is 0.239. The number of fused-ring (bicyclic) bond motifs is 1. The van der Waals surface area contributed by atoms with E-state index in [1.54, 1.807) is 23.5 Å². The molecule has 0 saturated carbocycles. The second-order valence-electron chi connectivity index (χ2n) is 5.09.